The predicted octanol–water partition coefficient (Wildman–Crippen LogP) is 0.439. The van der Waals surface area contributed by atoms with Crippen LogP contribution in [0, 0.1) is 6.85 Å². The second-order valence-corrected chi connectivity index (χ2v) is 4.92. The second kappa shape index (κ2) is 4.66. The maximum absolute atomic E-state index is 13.3. The number of amides is 2. The maximum atomic E-state index is 13.3. The van der Waals surface area contributed by atoms with E-state index in [2.05, 4.69) is 4.98 Å². The van der Waals surface area contributed by atoms with E-state index >= 15 is 0 Å². The van der Waals surface area contributed by atoms with Gasteiger partial charge in [0.1, 0.15) is 11.4 Å². The molecule has 2 heterocycles. The number of hydrogen-bond acceptors (Lipinski definition) is 5. The average molecular weight is 307 g/mol. The Balaban J connectivity index is 2.56. The topological polar surface area (TPSA) is 107 Å². The molecule has 1 aromatic carbocycles. The third-order valence-corrected chi connectivity index (χ3v) is 3.47. The number of anilines is 1. The Morgan fingerprint density at radius 3 is 2.95 bits per heavy atom. The lowest BCUT2D eigenvalue weighted by Gasteiger charge is -2.34. The molecule has 0 aliphatic carbocycles. The normalized spacial score (nSPS) is 31.8. The third kappa shape index (κ3) is 1.89. The first kappa shape index (κ1) is 8.07. The molecule has 2 amide bonds. The largest absolute Gasteiger partial charge is 0.398 e. The lowest BCUT2D eigenvalue weighted by atomic mass is 9.90. The van der Waals surface area contributed by atoms with Crippen LogP contribution in [0.1, 0.15) is 35.1 Å². The van der Waals surface area contributed by atoms with Crippen LogP contribution in [0.5, 0.6) is 0 Å². The van der Waals surface area contributed by atoms with Gasteiger partial charge in [-0.2, -0.15) is 0 Å². The number of fused-ring (bicyclic) bond motifs is 1. The summed E-state index contributed by atoms with van der Waals surface area (Å²) < 4.78 is 55.7. The molecule has 1 saturated heterocycles. The quantitative estimate of drug-likeness (QED) is 0.587. The van der Waals surface area contributed by atoms with Crippen LogP contribution in [0.3, 0.4) is 0 Å². The van der Waals surface area contributed by atoms with E-state index in [0.717, 1.165) is 6.92 Å². The Morgan fingerprint density at radius 1 is 1.45 bits per heavy atom. The molecular weight excluding hydrogens is 284 g/mol. The number of carbonyl (C=O) groups excluding carboxylic acids is 2. The van der Waals surface area contributed by atoms with Gasteiger partial charge in [0.2, 0.25) is 5.91 Å². The monoisotopic (exact) mass is 307 g/mol. The minimum Gasteiger partial charge on any atom is -0.398 e. The molecule has 114 valence electrons. The highest BCUT2D eigenvalue weighted by Gasteiger charge is 2.42. The maximum Gasteiger partial charge on any atom is 0.264 e. The van der Waals surface area contributed by atoms with Gasteiger partial charge in [0.25, 0.3) is 11.5 Å². The van der Waals surface area contributed by atoms with Crippen molar-refractivity contribution in [2.75, 3.05) is 5.73 Å². The Bertz CT molecular complexity index is 1130. The van der Waals surface area contributed by atoms with Gasteiger partial charge < -0.3 is 5.73 Å². The molecule has 7 nitrogen and oxygen atoms in total. The molecule has 7 heteroatoms. The van der Waals surface area contributed by atoms with Gasteiger partial charge in [-0.25, -0.2) is 4.98 Å². The number of aryl methyl sites for hydroxylation is 1. The SMILES string of the molecule is [2H]C([2H])([2H])c1nc2cccc(N)c2c(=O)n1C1(C)C(=O)NC(=O)C([2H])([2H])C1([2H])[2H]. The average Bonchev–Trinajstić information content (AvgIpc) is 2.58. The van der Waals surface area contributed by atoms with Crippen LogP contribution in [0.2, 0.25) is 0 Å². The number of hydrogen-bond donors (Lipinski definition) is 2. The highest BCUT2D eigenvalue weighted by atomic mass is 16.2. The molecule has 2 aromatic rings. The van der Waals surface area contributed by atoms with Gasteiger partial charge in [-0.1, -0.05) is 6.07 Å². The molecule has 3 rings (SSSR count). The molecule has 1 aromatic heterocycles. The number of benzene rings is 1. The highest BCUT2D eigenvalue weighted by Crippen LogP contribution is 2.27. The number of rotatable bonds is 1. The molecule has 0 radical (unpaired) electrons. The van der Waals surface area contributed by atoms with E-state index in [1.165, 1.54) is 18.2 Å². The molecule has 22 heavy (non-hydrogen) atoms. The van der Waals surface area contributed by atoms with Crippen LogP contribution < -0.4 is 16.6 Å². The molecule has 0 saturated carbocycles. The van der Waals surface area contributed by atoms with Crippen molar-refractivity contribution in [3.63, 3.8) is 0 Å². The van der Waals surface area contributed by atoms with Crippen molar-refractivity contribution in [2.24, 2.45) is 0 Å². The van der Waals surface area contributed by atoms with E-state index in [4.69, 9.17) is 15.3 Å². The van der Waals surface area contributed by atoms with Crippen LogP contribution >= 0.6 is 0 Å². The van der Waals surface area contributed by atoms with E-state index in [1.807, 2.05) is 0 Å². The van der Waals surface area contributed by atoms with Crippen molar-refractivity contribution in [1.82, 2.24) is 14.9 Å². The molecule has 1 aliphatic heterocycles. The second-order valence-electron chi connectivity index (χ2n) is 4.92. The zero-order valence-electron chi connectivity index (χ0n) is 18.4. The van der Waals surface area contributed by atoms with Gasteiger partial charge >= 0.3 is 0 Å². The molecule has 1 aliphatic rings. The van der Waals surface area contributed by atoms with E-state index in [9.17, 15) is 14.4 Å². The highest BCUT2D eigenvalue weighted by molar-refractivity contribution is 6.01. The van der Waals surface area contributed by atoms with Gasteiger partial charge in [-0.3, -0.25) is 24.3 Å². The first-order chi connectivity index (χ1) is 13.1. The number of imide groups is 1. The van der Waals surface area contributed by atoms with E-state index in [0.29, 0.717) is 0 Å². The fourth-order valence-corrected chi connectivity index (χ4v) is 2.32. The third-order valence-electron chi connectivity index (χ3n) is 3.47. The summed E-state index contributed by atoms with van der Waals surface area (Å²) in [5, 5.41) is 1.43. The summed E-state index contributed by atoms with van der Waals surface area (Å²) in [5.41, 5.74) is 1.72. The van der Waals surface area contributed by atoms with Gasteiger partial charge in [0.05, 0.1) is 10.9 Å². The minimum absolute atomic E-state index is 0.0863. The minimum atomic E-state index is -3.32. The van der Waals surface area contributed by atoms with Crippen molar-refractivity contribution in [3.8, 4) is 0 Å². The zero-order chi connectivity index (χ0) is 22.2. The molecule has 1 unspecified atom stereocenters. The van der Waals surface area contributed by atoms with Crippen LogP contribution in [0.15, 0.2) is 23.0 Å². The van der Waals surface area contributed by atoms with Crippen LogP contribution in [0.4, 0.5) is 5.69 Å². The number of nitrogens with zero attached hydrogens (tertiary/aromatic N) is 2. The van der Waals surface area contributed by atoms with E-state index < -0.39 is 48.3 Å². The fraction of sp³-hybridized carbons (Fsp3) is 0.333. The number of aromatic nitrogens is 2. The Morgan fingerprint density at radius 2 is 2.23 bits per heavy atom. The van der Waals surface area contributed by atoms with Crippen LogP contribution in [-0.2, 0) is 15.1 Å². The number of nitrogens with one attached hydrogen (secondary N) is 1. The van der Waals surface area contributed by atoms with Gasteiger partial charge in [-0.15, -0.1) is 0 Å². The first-order valence-electron chi connectivity index (χ1n) is 9.76. The Hall–Kier alpha value is -2.70. The standard InChI is InChI=1S/C15H16N4O3/c1-8-17-10-5-3-4-9(16)12(10)13(21)19(8)15(2)7-6-11(20)18-14(15)22/h3-5H,6-7,16H2,1-2H3,(H,18,20,22)/i1D3,6D2,7D2. The van der Waals surface area contributed by atoms with Crippen LogP contribution in [-0.4, -0.2) is 21.4 Å². The predicted molar refractivity (Wildman–Crippen MR) is 81.2 cm³/mol. The summed E-state index contributed by atoms with van der Waals surface area (Å²) in [7, 11) is 0. The van der Waals surface area contributed by atoms with Crippen molar-refractivity contribution < 1.29 is 19.2 Å². The molecule has 1 fully saturated rings. The zero-order valence-corrected chi connectivity index (χ0v) is 11.4. The lowest BCUT2D eigenvalue weighted by Crippen LogP contribution is -2.56. The summed E-state index contributed by atoms with van der Waals surface area (Å²) in [6, 6.07) is 4.10. The van der Waals surface area contributed by atoms with Crippen LogP contribution in [0.25, 0.3) is 10.9 Å². The smallest absolute Gasteiger partial charge is 0.264 e. The number of nitrogen functional groups attached to an aromatic ring is 1. The fourth-order valence-electron chi connectivity index (χ4n) is 2.32. The summed E-state index contributed by atoms with van der Waals surface area (Å²) in [4.78, 5) is 41.9. The summed E-state index contributed by atoms with van der Waals surface area (Å²) in [5.74, 6) is -3.86. The van der Waals surface area contributed by atoms with Gasteiger partial charge in [0.15, 0.2) is 0 Å². The number of nitrogens with two attached hydrogens (primary N) is 1. The van der Waals surface area contributed by atoms with E-state index in [-0.39, 0.29) is 21.2 Å². The molecular formula is C15H16N4O3. The van der Waals surface area contributed by atoms with Crippen molar-refractivity contribution in [2.45, 2.75) is 32.1 Å². The lowest BCUT2D eigenvalue weighted by molar-refractivity contribution is -0.140. The summed E-state index contributed by atoms with van der Waals surface area (Å²) in [6.07, 6.45) is -6.58. The first-order valence-corrected chi connectivity index (χ1v) is 6.26. The number of carbonyl (C=O) groups is 2. The van der Waals surface area contributed by atoms with Gasteiger partial charge in [-0.05, 0) is 32.3 Å². The van der Waals surface area contributed by atoms with Gasteiger partial charge in [0, 0.05) is 21.7 Å². The number of piperidine rings is 1. The Kier molecular flexibility index (Phi) is 1.71. The van der Waals surface area contributed by atoms with Crippen molar-refractivity contribution in [3.05, 3.63) is 34.4 Å². The summed E-state index contributed by atoms with van der Waals surface area (Å²) >= 11 is 0. The molecule has 1 atom stereocenters. The molecule has 0 spiro atoms. The summed E-state index contributed by atoms with van der Waals surface area (Å²) in [6.45, 7) is -2.23. The van der Waals surface area contributed by atoms with Crippen molar-refractivity contribution in [1.29, 1.82) is 0 Å². The van der Waals surface area contributed by atoms with Crippen molar-refractivity contribution >= 4 is 28.4 Å². The van der Waals surface area contributed by atoms with E-state index in [1.54, 1.807) is 5.32 Å². The molecule has 0 bridgehead atoms. The molecule has 3 N–H and O–H groups in total. The Labute approximate surface area is 136 Å².